The maximum absolute atomic E-state index is 10.6. The summed E-state index contributed by atoms with van der Waals surface area (Å²) in [6, 6.07) is 6.05. The lowest BCUT2D eigenvalue weighted by molar-refractivity contribution is -0.137. The van der Waals surface area contributed by atoms with Crippen molar-refractivity contribution in [2.45, 2.75) is 32.1 Å². The van der Waals surface area contributed by atoms with Crippen molar-refractivity contribution in [2.75, 3.05) is 12.3 Å². The van der Waals surface area contributed by atoms with Crippen LogP contribution in [0.5, 0.6) is 0 Å². The van der Waals surface area contributed by atoms with Crippen LogP contribution in [0.15, 0.2) is 52.6 Å². The molecule has 1 aromatic rings. The number of benzene rings is 1. The van der Waals surface area contributed by atoms with Gasteiger partial charge in [0.25, 0.3) is 0 Å². The molecule has 3 rings (SSSR count). The minimum absolute atomic E-state index is 0.151. The highest BCUT2D eigenvalue weighted by Crippen LogP contribution is 2.44. The molecule has 0 unspecified atom stereocenters. The normalized spacial score (nSPS) is 19.3. The summed E-state index contributed by atoms with van der Waals surface area (Å²) < 4.78 is 0. The van der Waals surface area contributed by atoms with Gasteiger partial charge in [0.15, 0.2) is 0 Å². The molecule has 0 bridgehead atoms. The van der Waals surface area contributed by atoms with Crippen LogP contribution < -0.4 is 5.73 Å². The van der Waals surface area contributed by atoms with E-state index in [0.29, 0.717) is 13.0 Å². The number of hydrogen-bond donors (Lipinski definition) is 2. The third kappa shape index (κ3) is 3.04. The van der Waals surface area contributed by atoms with Gasteiger partial charge in [-0.1, -0.05) is 26.0 Å². The number of carboxylic acid groups (broad SMARTS) is 1. The van der Waals surface area contributed by atoms with Gasteiger partial charge in [-0.15, -0.1) is 0 Å². The Morgan fingerprint density at radius 2 is 2.04 bits per heavy atom. The van der Waals surface area contributed by atoms with E-state index < -0.39 is 5.97 Å². The molecule has 3 N–H and O–H groups in total. The van der Waals surface area contributed by atoms with Crippen LogP contribution in [0, 0.1) is 0 Å². The Bertz CT molecular complexity index is 811. The first-order valence-corrected chi connectivity index (χ1v) is 8.16. The highest BCUT2D eigenvalue weighted by molar-refractivity contribution is 6.08. The third-order valence-corrected chi connectivity index (χ3v) is 4.62. The van der Waals surface area contributed by atoms with E-state index in [9.17, 15) is 4.79 Å². The van der Waals surface area contributed by atoms with E-state index in [1.807, 2.05) is 18.2 Å². The topological polar surface area (TPSA) is 75.7 Å². The van der Waals surface area contributed by atoms with Gasteiger partial charge in [0.1, 0.15) is 0 Å². The lowest BCUT2D eigenvalue weighted by atomic mass is 9.67. The van der Waals surface area contributed by atoms with Crippen LogP contribution >= 0.6 is 0 Å². The van der Waals surface area contributed by atoms with E-state index in [2.05, 4.69) is 43.1 Å². The predicted molar refractivity (Wildman–Crippen MR) is 98.3 cm³/mol. The molecule has 0 spiro atoms. The quantitative estimate of drug-likeness (QED) is 0.655. The average Bonchev–Trinajstić information content (AvgIpc) is 2.53. The first-order valence-electron chi connectivity index (χ1n) is 8.16. The molecule has 0 amide bonds. The SMILES string of the molecule is CC1(C)C2=CC(=NCCCC(=O)O)C=CC2=Cc2ccc(N)cc21. The van der Waals surface area contributed by atoms with Crippen molar-refractivity contribution in [3.05, 3.63) is 58.7 Å². The number of nitrogens with two attached hydrogens (primary N) is 1. The Labute approximate surface area is 142 Å². The van der Waals surface area contributed by atoms with Crippen LogP contribution in [-0.2, 0) is 10.2 Å². The number of hydrogen-bond acceptors (Lipinski definition) is 3. The lowest BCUT2D eigenvalue weighted by Gasteiger charge is -2.36. The predicted octanol–water partition coefficient (Wildman–Crippen LogP) is 3.75. The molecule has 0 aromatic heterocycles. The number of aliphatic carboxylic acids is 1. The summed E-state index contributed by atoms with van der Waals surface area (Å²) in [7, 11) is 0. The number of carbonyl (C=O) groups is 1. The number of aliphatic imine (C=N–C) groups is 1. The second kappa shape index (κ2) is 6.11. The first kappa shape index (κ1) is 16.2. The minimum Gasteiger partial charge on any atom is -0.481 e. The molecular formula is C20H22N2O2. The summed E-state index contributed by atoms with van der Waals surface area (Å²) in [4.78, 5) is 15.1. The van der Waals surface area contributed by atoms with Crippen molar-refractivity contribution in [1.29, 1.82) is 0 Å². The monoisotopic (exact) mass is 322 g/mol. The van der Waals surface area contributed by atoms with Crippen LogP contribution in [0.2, 0.25) is 0 Å². The highest BCUT2D eigenvalue weighted by Gasteiger charge is 2.33. The fourth-order valence-corrected chi connectivity index (χ4v) is 3.30. The Kier molecular flexibility index (Phi) is 4.14. The molecule has 4 heteroatoms. The molecular weight excluding hydrogens is 300 g/mol. The Hall–Kier alpha value is -2.62. The van der Waals surface area contributed by atoms with Gasteiger partial charge in [-0.25, -0.2) is 0 Å². The molecule has 0 atom stereocenters. The molecule has 1 aromatic carbocycles. The molecule has 0 heterocycles. The summed E-state index contributed by atoms with van der Waals surface area (Å²) in [6.07, 6.45) is 9.09. The summed E-state index contributed by atoms with van der Waals surface area (Å²) in [5, 5.41) is 8.70. The number of anilines is 1. The van der Waals surface area contributed by atoms with E-state index >= 15 is 0 Å². The number of allylic oxidation sites excluding steroid dienone is 5. The van der Waals surface area contributed by atoms with Gasteiger partial charge in [-0.2, -0.15) is 0 Å². The van der Waals surface area contributed by atoms with E-state index in [0.717, 1.165) is 11.4 Å². The second-order valence-corrected chi connectivity index (χ2v) is 6.77. The van der Waals surface area contributed by atoms with E-state index in [4.69, 9.17) is 10.8 Å². The fraction of sp³-hybridized carbons (Fsp3) is 0.300. The summed E-state index contributed by atoms with van der Waals surface area (Å²) in [5.41, 5.74) is 12.3. The van der Waals surface area contributed by atoms with Crippen LogP contribution in [0.3, 0.4) is 0 Å². The Balaban J connectivity index is 1.91. The van der Waals surface area contributed by atoms with Crippen molar-refractivity contribution in [1.82, 2.24) is 0 Å². The van der Waals surface area contributed by atoms with Gasteiger partial charge >= 0.3 is 5.97 Å². The maximum Gasteiger partial charge on any atom is 0.303 e. The Morgan fingerprint density at radius 1 is 1.25 bits per heavy atom. The minimum atomic E-state index is -0.777. The highest BCUT2D eigenvalue weighted by atomic mass is 16.4. The number of rotatable bonds is 4. The smallest absolute Gasteiger partial charge is 0.303 e. The van der Waals surface area contributed by atoms with Gasteiger partial charge < -0.3 is 10.8 Å². The van der Waals surface area contributed by atoms with E-state index in [-0.39, 0.29) is 11.8 Å². The van der Waals surface area contributed by atoms with Crippen LogP contribution in [-0.4, -0.2) is 23.3 Å². The van der Waals surface area contributed by atoms with Crippen LogP contribution in [0.1, 0.15) is 37.8 Å². The van der Waals surface area contributed by atoms with Crippen molar-refractivity contribution < 1.29 is 9.90 Å². The first-order chi connectivity index (χ1) is 11.4. The Morgan fingerprint density at radius 3 is 2.79 bits per heavy atom. The maximum atomic E-state index is 10.6. The molecule has 24 heavy (non-hydrogen) atoms. The van der Waals surface area contributed by atoms with Crippen molar-refractivity contribution >= 4 is 23.4 Å². The van der Waals surface area contributed by atoms with Crippen LogP contribution in [0.4, 0.5) is 5.69 Å². The van der Waals surface area contributed by atoms with Gasteiger partial charge in [0.2, 0.25) is 0 Å². The van der Waals surface area contributed by atoms with Gasteiger partial charge in [0.05, 0.1) is 5.71 Å². The largest absolute Gasteiger partial charge is 0.481 e. The third-order valence-electron chi connectivity index (χ3n) is 4.62. The van der Waals surface area contributed by atoms with Crippen molar-refractivity contribution in [3.63, 3.8) is 0 Å². The zero-order valence-corrected chi connectivity index (χ0v) is 14.0. The zero-order chi connectivity index (χ0) is 17.3. The molecule has 2 aliphatic rings. The number of nitrogens with zero attached hydrogens (tertiary/aromatic N) is 1. The summed E-state index contributed by atoms with van der Waals surface area (Å²) in [5.74, 6) is -0.777. The summed E-state index contributed by atoms with van der Waals surface area (Å²) in [6.45, 7) is 4.93. The number of carboxylic acids is 1. The standard InChI is InChI=1S/C20H22N2O2/c1-20(2)17-11-15(21)7-5-13(17)10-14-6-8-16(12-18(14)20)22-9-3-4-19(23)24/h5-8,10-12H,3-4,9,21H2,1-2H3,(H,23,24). The molecule has 0 saturated carbocycles. The van der Waals surface area contributed by atoms with Crippen molar-refractivity contribution in [3.8, 4) is 0 Å². The van der Waals surface area contributed by atoms with E-state index in [1.165, 1.54) is 22.3 Å². The summed E-state index contributed by atoms with van der Waals surface area (Å²) >= 11 is 0. The van der Waals surface area contributed by atoms with Gasteiger partial charge in [-0.3, -0.25) is 9.79 Å². The molecule has 0 radical (unpaired) electrons. The molecule has 2 aliphatic carbocycles. The lowest BCUT2D eigenvalue weighted by Crippen LogP contribution is -2.27. The van der Waals surface area contributed by atoms with Gasteiger partial charge in [-0.05, 0) is 59.1 Å². The average molecular weight is 322 g/mol. The van der Waals surface area contributed by atoms with Crippen molar-refractivity contribution in [2.24, 2.45) is 4.99 Å². The van der Waals surface area contributed by atoms with Crippen LogP contribution in [0.25, 0.3) is 6.08 Å². The van der Waals surface area contributed by atoms with Gasteiger partial charge in [0, 0.05) is 24.1 Å². The van der Waals surface area contributed by atoms with E-state index in [1.54, 1.807) is 0 Å². The number of fused-ring (bicyclic) bond motifs is 2. The molecule has 0 fully saturated rings. The second-order valence-electron chi connectivity index (χ2n) is 6.77. The molecule has 0 aliphatic heterocycles. The molecule has 4 nitrogen and oxygen atoms in total. The molecule has 0 saturated heterocycles. The fourth-order valence-electron chi connectivity index (χ4n) is 3.30. The zero-order valence-electron chi connectivity index (χ0n) is 14.0. The molecule has 124 valence electrons. The number of nitrogen functional groups attached to an aromatic ring is 1.